The van der Waals surface area contributed by atoms with Crippen molar-refractivity contribution in [2.45, 2.75) is 26.3 Å². The molecule has 1 N–H and O–H groups in total. The fraction of sp³-hybridized carbons (Fsp3) is 0.318. The summed E-state index contributed by atoms with van der Waals surface area (Å²) in [6.07, 6.45) is 3.80. The number of Topliss-reactive ketones (excluding diaryl/α,β-unsaturated/α-hetero) is 1. The maximum absolute atomic E-state index is 12.8. The van der Waals surface area contributed by atoms with Gasteiger partial charge in [0.25, 0.3) is 5.69 Å². The number of nitro groups is 1. The first-order chi connectivity index (χ1) is 13.9. The summed E-state index contributed by atoms with van der Waals surface area (Å²) in [5, 5.41) is 21.4. The number of hydrogen-bond acceptors (Lipinski definition) is 6. The SMILES string of the molecule is CC1CCCN(Cc2c(O)ccc3c2O/C(=C/c2cccc([N+](=O)[O-])c2)C3=O)C1. The van der Waals surface area contributed by atoms with Crippen LogP contribution >= 0.6 is 0 Å². The highest BCUT2D eigenvalue weighted by Gasteiger charge is 2.32. The van der Waals surface area contributed by atoms with E-state index in [9.17, 15) is 20.0 Å². The summed E-state index contributed by atoms with van der Waals surface area (Å²) in [6.45, 7) is 4.60. The minimum Gasteiger partial charge on any atom is -0.507 e. The molecule has 0 spiro atoms. The zero-order valence-corrected chi connectivity index (χ0v) is 16.1. The van der Waals surface area contributed by atoms with Gasteiger partial charge in [-0.3, -0.25) is 19.8 Å². The van der Waals surface area contributed by atoms with Gasteiger partial charge >= 0.3 is 0 Å². The number of ketones is 1. The summed E-state index contributed by atoms with van der Waals surface area (Å²) < 4.78 is 5.86. The molecular formula is C22H22N2O5. The van der Waals surface area contributed by atoms with E-state index in [4.69, 9.17) is 4.74 Å². The van der Waals surface area contributed by atoms with Crippen LogP contribution in [0.2, 0.25) is 0 Å². The molecule has 2 aliphatic rings. The van der Waals surface area contributed by atoms with E-state index in [1.807, 2.05) is 0 Å². The van der Waals surface area contributed by atoms with Gasteiger partial charge in [0.05, 0.1) is 16.1 Å². The monoisotopic (exact) mass is 394 g/mol. The zero-order valence-electron chi connectivity index (χ0n) is 16.1. The van der Waals surface area contributed by atoms with Gasteiger partial charge in [0.15, 0.2) is 5.76 Å². The third-order valence-corrected chi connectivity index (χ3v) is 5.42. The Kier molecular flexibility index (Phi) is 5.07. The molecule has 1 atom stereocenters. The molecule has 1 fully saturated rings. The number of piperidine rings is 1. The minimum absolute atomic E-state index is 0.0557. The Hall–Kier alpha value is -3.19. The van der Waals surface area contributed by atoms with Crippen LogP contribution in [0.25, 0.3) is 6.08 Å². The molecule has 7 nitrogen and oxygen atoms in total. The summed E-state index contributed by atoms with van der Waals surface area (Å²) in [7, 11) is 0. The quantitative estimate of drug-likeness (QED) is 0.476. The van der Waals surface area contributed by atoms with E-state index in [1.165, 1.54) is 30.7 Å². The predicted molar refractivity (Wildman–Crippen MR) is 108 cm³/mol. The Labute approximate surface area is 168 Å². The second kappa shape index (κ2) is 7.67. The largest absolute Gasteiger partial charge is 0.507 e. The molecule has 0 bridgehead atoms. The molecule has 0 aromatic heterocycles. The summed E-state index contributed by atoms with van der Waals surface area (Å²) in [4.78, 5) is 25.6. The molecule has 0 saturated carbocycles. The van der Waals surface area contributed by atoms with E-state index >= 15 is 0 Å². The van der Waals surface area contributed by atoms with Crippen molar-refractivity contribution in [3.05, 3.63) is 69.0 Å². The topological polar surface area (TPSA) is 92.9 Å². The number of ether oxygens (including phenoxy) is 1. The summed E-state index contributed by atoms with van der Waals surface area (Å²) in [5.74, 6) is 0.880. The highest BCUT2D eigenvalue weighted by Crippen LogP contribution is 2.40. The fourth-order valence-electron chi connectivity index (χ4n) is 3.98. The Bertz CT molecular complexity index is 1010. The fourth-order valence-corrected chi connectivity index (χ4v) is 3.98. The van der Waals surface area contributed by atoms with Gasteiger partial charge in [0, 0.05) is 25.2 Å². The van der Waals surface area contributed by atoms with Gasteiger partial charge in [-0.15, -0.1) is 0 Å². The molecule has 7 heteroatoms. The minimum atomic E-state index is -0.482. The molecular weight excluding hydrogens is 372 g/mol. The molecule has 2 heterocycles. The molecule has 0 aliphatic carbocycles. The van der Waals surface area contributed by atoms with Gasteiger partial charge in [-0.1, -0.05) is 19.1 Å². The number of fused-ring (bicyclic) bond motifs is 1. The van der Waals surface area contributed by atoms with Crippen LogP contribution in [0.1, 0.15) is 41.3 Å². The Balaban J connectivity index is 1.64. The molecule has 2 aromatic rings. The maximum atomic E-state index is 12.8. The van der Waals surface area contributed by atoms with Crippen molar-refractivity contribution in [1.29, 1.82) is 0 Å². The van der Waals surface area contributed by atoms with Crippen molar-refractivity contribution in [2.24, 2.45) is 5.92 Å². The number of carbonyl (C=O) groups is 1. The van der Waals surface area contributed by atoms with Gasteiger partial charge in [0.2, 0.25) is 5.78 Å². The lowest BCUT2D eigenvalue weighted by Gasteiger charge is -2.31. The number of phenolic OH excluding ortho intramolecular Hbond substituents is 1. The van der Waals surface area contributed by atoms with Crippen LogP contribution in [-0.2, 0) is 6.54 Å². The summed E-state index contributed by atoms with van der Waals surface area (Å²) >= 11 is 0. The zero-order chi connectivity index (χ0) is 20.5. The standard InChI is InChI=1S/C22H22N2O5/c1-14-4-3-9-23(12-14)13-18-19(25)8-7-17-21(26)20(29-22(17)18)11-15-5-2-6-16(10-15)24(27)28/h2,5-8,10-11,14,25H,3-4,9,12-13H2,1H3/b20-11+. The van der Waals surface area contributed by atoms with Crippen LogP contribution < -0.4 is 4.74 Å². The molecule has 0 amide bonds. The molecule has 1 unspecified atom stereocenters. The van der Waals surface area contributed by atoms with E-state index in [2.05, 4.69) is 11.8 Å². The number of phenols is 1. The molecule has 0 radical (unpaired) electrons. The molecule has 1 saturated heterocycles. The average Bonchev–Trinajstić information content (AvgIpc) is 3.00. The normalized spacial score (nSPS) is 20.5. The number of non-ortho nitro benzene ring substituents is 1. The van der Waals surface area contributed by atoms with Crippen molar-refractivity contribution in [3.63, 3.8) is 0 Å². The Morgan fingerprint density at radius 3 is 2.93 bits per heavy atom. The third-order valence-electron chi connectivity index (χ3n) is 5.42. The van der Waals surface area contributed by atoms with Gasteiger partial charge in [-0.2, -0.15) is 0 Å². The average molecular weight is 394 g/mol. The number of rotatable bonds is 4. The predicted octanol–water partition coefficient (Wildman–Crippen LogP) is 4.15. The van der Waals surface area contributed by atoms with E-state index < -0.39 is 4.92 Å². The van der Waals surface area contributed by atoms with Gasteiger partial charge in [-0.05, 0) is 49.1 Å². The number of benzene rings is 2. The molecule has 29 heavy (non-hydrogen) atoms. The Morgan fingerprint density at radius 2 is 2.17 bits per heavy atom. The van der Waals surface area contributed by atoms with Gasteiger partial charge < -0.3 is 9.84 Å². The van der Waals surface area contributed by atoms with Crippen molar-refractivity contribution >= 4 is 17.5 Å². The number of nitrogens with zero attached hydrogens (tertiary/aromatic N) is 2. The van der Waals surface area contributed by atoms with Crippen molar-refractivity contribution in [2.75, 3.05) is 13.1 Å². The molecule has 2 aliphatic heterocycles. The number of likely N-dealkylation sites (tertiary alicyclic amines) is 1. The highest BCUT2D eigenvalue weighted by atomic mass is 16.6. The number of hydrogen-bond donors (Lipinski definition) is 1. The van der Waals surface area contributed by atoms with E-state index in [1.54, 1.807) is 18.2 Å². The first kappa shape index (κ1) is 19.1. The molecule has 150 valence electrons. The van der Waals surface area contributed by atoms with E-state index in [-0.39, 0.29) is 23.0 Å². The van der Waals surface area contributed by atoms with Crippen LogP contribution in [-0.4, -0.2) is 33.8 Å². The van der Waals surface area contributed by atoms with Gasteiger partial charge in [0.1, 0.15) is 11.5 Å². The second-order valence-corrected chi connectivity index (χ2v) is 7.71. The number of allylic oxidation sites excluding steroid dienone is 1. The van der Waals surface area contributed by atoms with Crippen LogP contribution in [0.4, 0.5) is 5.69 Å². The maximum Gasteiger partial charge on any atom is 0.270 e. The highest BCUT2D eigenvalue weighted by molar-refractivity contribution is 6.15. The smallest absolute Gasteiger partial charge is 0.270 e. The van der Waals surface area contributed by atoms with Crippen LogP contribution in [0.5, 0.6) is 11.5 Å². The van der Waals surface area contributed by atoms with Crippen molar-refractivity contribution in [3.8, 4) is 11.5 Å². The first-order valence-electron chi connectivity index (χ1n) is 9.68. The van der Waals surface area contributed by atoms with E-state index in [0.29, 0.717) is 34.9 Å². The first-order valence-corrected chi connectivity index (χ1v) is 9.68. The molecule has 2 aromatic carbocycles. The Morgan fingerprint density at radius 1 is 1.34 bits per heavy atom. The summed E-state index contributed by atoms with van der Waals surface area (Å²) in [6, 6.07) is 9.10. The van der Waals surface area contributed by atoms with Crippen LogP contribution in [0, 0.1) is 16.0 Å². The van der Waals surface area contributed by atoms with Crippen molar-refractivity contribution in [1.82, 2.24) is 4.90 Å². The van der Waals surface area contributed by atoms with Gasteiger partial charge in [-0.25, -0.2) is 0 Å². The lowest BCUT2D eigenvalue weighted by atomic mass is 9.99. The lowest BCUT2D eigenvalue weighted by molar-refractivity contribution is -0.384. The van der Waals surface area contributed by atoms with Crippen LogP contribution in [0.3, 0.4) is 0 Å². The van der Waals surface area contributed by atoms with Crippen molar-refractivity contribution < 1.29 is 19.6 Å². The number of aromatic hydroxyl groups is 1. The second-order valence-electron chi connectivity index (χ2n) is 7.71. The number of nitro benzene ring substituents is 1. The molecule has 4 rings (SSSR count). The van der Waals surface area contributed by atoms with Crippen LogP contribution in [0.15, 0.2) is 42.2 Å². The third kappa shape index (κ3) is 3.86. The van der Waals surface area contributed by atoms with E-state index in [0.717, 1.165) is 19.5 Å². The summed E-state index contributed by atoms with van der Waals surface area (Å²) in [5.41, 5.74) is 1.46. The number of carbonyl (C=O) groups excluding carboxylic acids is 1. The lowest BCUT2D eigenvalue weighted by Crippen LogP contribution is -2.33.